The van der Waals surface area contributed by atoms with E-state index in [-0.39, 0.29) is 5.56 Å². The molecule has 0 amide bonds. The summed E-state index contributed by atoms with van der Waals surface area (Å²) in [5, 5.41) is 3.44. The van der Waals surface area contributed by atoms with Crippen molar-refractivity contribution in [2.24, 2.45) is 10.7 Å². The molecule has 3 N–H and O–H groups in total. The van der Waals surface area contributed by atoms with Crippen molar-refractivity contribution >= 4 is 29.0 Å². The maximum atomic E-state index is 15.2. The summed E-state index contributed by atoms with van der Waals surface area (Å²) in [4.78, 5) is 3.79. The smallest absolute Gasteiger partial charge is 0.315 e. The molecule has 0 saturated heterocycles. The van der Waals surface area contributed by atoms with Gasteiger partial charge in [0.2, 0.25) is 0 Å². The molecule has 0 fully saturated rings. The van der Waals surface area contributed by atoms with E-state index in [1.165, 1.54) is 26.0 Å². The van der Waals surface area contributed by atoms with Gasteiger partial charge in [-0.3, -0.25) is 0 Å². The zero-order chi connectivity index (χ0) is 20.0. The predicted octanol–water partition coefficient (Wildman–Crippen LogP) is 5.20. The van der Waals surface area contributed by atoms with Crippen LogP contribution in [-0.2, 0) is 10.3 Å². The highest BCUT2D eigenvalue weighted by molar-refractivity contribution is 6.33. The Bertz CT molecular complexity index is 917. The molecule has 0 saturated carbocycles. The van der Waals surface area contributed by atoms with Crippen molar-refractivity contribution in [3.63, 3.8) is 0 Å². The number of hydrogen-bond donors (Lipinski definition) is 2. The van der Waals surface area contributed by atoms with Gasteiger partial charge in [-0.05, 0) is 51.1 Å². The maximum absolute atomic E-state index is 15.2. The number of para-hydroxylation sites is 1. The summed E-state index contributed by atoms with van der Waals surface area (Å²) in [5.41, 5.74) is 2.04. The van der Waals surface area contributed by atoms with Crippen LogP contribution in [0.3, 0.4) is 0 Å². The van der Waals surface area contributed by atoms with Crippen LogP contribution in [0.15, 0.2) is 47.5 Å². The van der Waals surface area contributed by atoms with Gasteiger partial charge in [-0.2, -0.15) is 8.78 Å². The molecule has 2 aromatic rings. The van der Waals surface area contributed by atoms with E-state index in [1.54, 1.807) is 24.3 Å². The summed E-state index contributed by atoms with van der Waals surface area (Å²) in [7, 11) is 0. The van der Waals surface area contributed by atoms with E-state index in [9.17, 15) is 4.39 Å². The molecule has 0 spiro atoms. The van der Waals surface area contributed by atoms with Crippen LogP contribution >= 0.6 is 11.6 Å². The number of nitrogens with two attached hydrogens (primary N) is 1. The largest absolute Gasteiger partial charge is 0.453 e. The number of halogens is 4. The van der Waals surface area contributed by atoms with E-state index in [2.05, 4.69) is 10.3 Å². The highest BCUT2D eigenvalue weighted by atomic mass is 35.5. The van der Waals surface area contributed by atoms with E-state index in [0.29, 0.717) is 16.4 Å². The van der Waals surface area contributed by atoms with Gasteiger partial charge < -0.3 is 15.8 Å². The second kappa shape index (κ2) is 6.34. The second-order valence-corrected chi connectivity index (χ2v) is 7.42. The van der Waals surface area contributed by atoms with E-state index in [4.69, 9.17) is 22.1 Å². The van der Waals surface area contributed by atoms with Crippen LogP contribution in [0.2, 0.25) is 5.02 Å². The van der Waals surface area contributed by atoms with Crippen molar-refractivity contribution < 1.29 is 17.9 Å². The minimum absolute atomic E-state index is 0.302. The third-order valence-corrected chi connectivity index (χ3v) is 5.03. The lowest BCUT2D eigenvalue weighted by molar-refractivity contribution is -0.207. The molecule has 144 valence electrons. The SMILES string of the molecule is CC1(C)OC(N)=NC(C)(c2cc(Nc3ccccc3Cl)ccc2F)C1(F)F. The monoisotopic (exact) mass is 397 g/mol. The number of nitrogens with zero attached hydrogens (tertiary/aromatic N) is 1. The van der Waals surface area contributed by atoms with E-state index in [0.717, 1.165) is 13.0 Å². The van der Waals surface area contributed by atoms with Crippen LogP contribution in [0.25, 0.3) is 0 Å². The predicted molar refractivity (Wildman–Crippen MR) is 100 cm³/mol. The van der Waals surface area contributed by atoms with Crippen LogP contribution in [0.1, 0.15) is 26.3 Å². The normalized spacial score (nSPS) is 23.3. The maximum Gasteiger partial charge on any atom is 0.315 e. The Morgan fingerprint density at radius 2 is 1.78 bits per heavy atom. The summed E-state index contributed by atoms with van der Waals surface area (Å²) < 4.78 is 50.0. The van der Waals surface area contributed by atoms with Crippen molar-refractivity contribution in [1.82, 2.24) is 0 Å². The Hall–Kier alpha value is -2.41. The highest BCUT2D eigenvalue weighted by Crippen LogP contribution is 2.52. The Kier molecular flexibility index (Phi) is 4.54. The van der Waals surface area contributed by atoms with Gasteiger partial charge in [-0.1, -0.05) is 23.7 Å². The highest BCUT2D eigenvalue weighted by Gasteiger charge is 2.66. The van der Waals surface area contributed by atoms with Gasteiger partial charge in [0.25, 0.3) is 6.02 Å². The van der Waals surface area contributed by atoms with Crippen molar-refractivity contribution in [2.45, 2.75) is 37.8 Å². The van der Waals surface area contributed by atoms with Gasteiger partial charge in [0.15, 0.2) is 11.1 Å². The number of hydrogen-bond acceptors (Lipinski definition) is 4. The quantitative estimate of drug-likeness (QED) is 0.748. The molecule has 0 bridgehead atoms. The fourth-order valence-corrected chi connectivity index (χ4v) is 3.33. The molecule has 8 heteroatoms. The minimum atomic E-state index is -3.53. The third kappa shape index (κ3) is 3.10. The summed E-state index contributed by atoms with van der Waals surface area (Å²) in [5.74, 6) is -4.36. The molecule has 1 heterocycles. The first-order chi connectivity index (χ1) is 12.5. The molecule has 0 aromatic heterocycles. The molecular weight excluding hydrogens is 379 g/mol. The number of nitrogens with one attached hydrogen (secondary N) is 1. The van der Waals surface area contributed by atoms with Crippen LogP contribution < -0.4 is 11.1 Å². The molecule has 1 unspecified atom stereocenters. The van der Waals surface area contributed by atoms with E-state index in [1.807, 2.05) is 0 Å². The number of amidine groups is 1. The molecule has 1 aliphatic rings. The average molecular weight is 398 g/mol. The Labute approximate surface area is 160 Å². The fourth-order valence-electron chi connectivity index (χ4n) is 3.15. The van der Waals surface area contributed by atoms with Gasteiger partial charge >= 0.3 is 5.92 Å². The van der Waals surface area contributed by atoms with Crippen molar-refractivity contribution in [3.05, 3.63) is 58.9 Å². The molecule has 1 atom stereocenters. The fraction of sp³-hybridized carbons (Fsp3) is 0.316. The lowest BCUT2D eigenvalue weighted by atomic mass is 9.77. The minimum Gasteiger partial charge on any atom is -0.453 e. The van der Waals surface area contributed by atoms with E-state index < -0.39 is 28.9 Å². The summed E-state index contributed by atoms with van der Waals surface area (Å²) in [6.07, 6.45) is 0. The Morgan fingerprint density at radius 3 is 2.44 bits per heavy atom. The molecular formula is C19H19ClF3N3O. The van der Waals surface area contributed by atoms with E-state index >= 15 is 8.78 Å². The number of anilines is 2. The zero-order valence-corrected chi connectivity index (χ0v) is 15.7. The van der Waals surface area contributed by atoms with Crippen molar-refractivity contribution in [2.75, 3.05) is 5.32 Å². The van der Waals surface area contributed by atoms with Crippen molar-refractivity contribution in [1.29, 1.82) is 0 Å². The standard InChI is InChI=1S/C19H19ClF3N3O/c1-17(2)19(22,23)18(3,26-16(24)27-17)12-10-11(8-9-14(12)21)25-15-7-5-4-6-13(15)20/h4-10,25H,1-3H3,(H2,24,26). The molecule has 0 aliphatic carbocycles. The summed E-state index contributed by atoms with van der Waals surface area (Å²) >= 11 is 6.11. The topological polar surface area (TPSA) is 59.6 Å². The second-order valence-electron chi connectivity index (χ2n) is 7.01. The molecule has 0 radical (unpaired) electrons. The van der Waals surface area contributed by atoms with Crippen LogP contribution in [0.4, 0.5) is 24.5 Å². The van der Waals surface area contributed by atoms with Gasteiger partial charge in [-0.25, -0.2) is 9.38 Å². The third-order valence-electron chi connectivity index (χ3n) is 4.70. The lowest BCUT2D eigenvalue weighted by Crippen LogP contribution is -2.62. The molecule has 3 rings (SSSR count). The number of alkyl halides is 2. The Balaban J connectivity index is 2.11. The lowest BCUT2D eigenvalue weighted by Gasteiger charge is -2.46. The van der Waals surface area contributed by atoms with Crippen molar-refractivity contribution in [3.8, 4) is 0 Å². The first-order valence-corrected chi connectivity index (χ1v) is 8.59. The molecule has 2 aromatic carbocycles. The number of ether oxygens (including phenoxy) is 1. The van der Waals surface area contributed by atoms with Gasteiger partial charge in [0.05, 0.1) is 10.7 Å². The average Bonchev–Trinajstić information content (AvgIpc) is 2.56. The first kappa shape index (κ1) is 19.4. The van der Waals surface area contributed by atoms with Gasteiger partial charge in [0, 0.05) is 11.3 Å². The summed E-state index contributed by atoms with van der Waals surface area (Å²) in [6.45, 7) is 3.52. The first-order valence-electron chi connectivity index (χ1n) is 8.22. The summed E-state index contributed by atoms with van der Waals surface area (Å²) in [6, 6.07) is 10.3. The van der Waals surface area contributed by atoms with Gasteiger partial charge in [-0.15, -0.1) is 0 Å². The molecule has 4 nitrogen and oxygen atoms in total. The van der Waals surface area contributed by atoms with Gasteiger partial charge in [0.1, 0.15) is 5.82 Å². The van der Waals surface area contributed by atoms with Crippen LogP contribution in [-0.4, -0.2) is 17.5 Å². The molecule has 1 aliphatic heterocycles. The van der Waals surface area contributed by atoms with Crippen LogP contribution in [0, 0.1) is 5.82 Å². The van der Waals surface area contributed by atoms with Crippen LogP contribution in [0.5, 0.6) is 0 Å². The number of rotatable bonds is 3. The number of benzene rings is 2. The zero-order valence-electron chi connectivity index (χ0n) is 15.0. The molecule has 27 heavy (non-hydrogen) atoms. The number of aliphatic imine (C=N–C) groups is 1. The Morgan fingerprint density at radius 1 is 1.11 bits per heavy atom.